The summed E-state index contributed by atoms with van der Waals surface area (Å²) >= 11 is 0. The van der Waals surface area contributed by atoms with Crippen molar-refractivity contribution < 1.29 is 9.31 Å². The zero-order chi connectivity index (χ0) is 10.0. The van der Waals surface area contributed by atoms with Gasteiger partial charge < -0.3 is 0 Å². The number of hydrogen-bond donors (Lipinski definition) is 0. The monoisotopic (exact) mass is 180 g/mol. The summed E-state index contributed by atoms with van der Waals surface area (Å²) in [4.78, 5) is 9.89. The molecule has 0 unspecified atom stereocenters. The highest BCUT2D eigenvalue weighted by molar-refractivity contribution is 6.52. The molecule has 0 spiro atoms. The van der Waals surface area contributed by atoms with Crippen LogP contribution >= 0.6 is 0 Å². The first-order valence-electron chi connectivity index (χ1n) is 3.80. The van der Waals surface area contributed by atoms with E-state index in [0.717, 1.165) is 6.07 Å². The summed E-state index contributed by atoms with van der Waals surface area (Å²) in [5.74, 6) is -0.578. The van der Waals surface area contributed by atoms with E-state index in [1.807, 2.05) is 0 Å². The molecule has 0 amide bonds. The normalized spacial score (nSPS) is 9.77. The molecule has 3 nitrogen and oxygen atoms in total. The summed E-state index contributed by atoms with van der Waals surface area (Å²) < 4.78 is 12.8. The van der Waals surface area contributed by atoms with Crippen molar-refractivity contribution in [1.82, 2.24) is 0 Å². The third-order valence-electron chi connectivity index (χ3n) is 1.89. The molecular weight excluding hydrogens is 172 g/mol. The molecule has 1 rings (SSSR count). The lowest BCUT2D eigenvalue weighted by Crippen LogP contribution is -2.16. The zero-order valence-electron chi connectivity index (χ0n) is 7.37. The SMILES string of the molecule is C[B]c1cc(F)cc([N+](=O)[O-])c1C. The Morgan fingerprint density at radius 1 is 1.54 bits per heavy atom. The number of hydrogen-bond acceptors (Lipinski definition) is 2. The summed E-state index contributed by atoms with van der Waals surface area (Å²) in [6.07, 6.45) is 0. The Morgan fingerprint density at radius 2 is 2.15 bits per heavy atom. The first kappa shape index (κ1) is 9.70. The van der Waals surface area contributed by atoms with Gasteiger partial charge in [0.1, 0.15) is 13.1 Å². The van der Waals surface area contributed by atoms with Crippen molar-refractivity contribution in [2.45, 2.75) is 13.7 Å². The second-order valence-electron chi connectivity index (χ2n) is 2.68. The van der Waals surface area contributed by atoms with E-state index in [1.54, 1.807) is 21.0 Å². The quantitative estimate of drug-likeness (QED) is 0.392. The smallest absolute Gasteiger partial charge is 0.258 e. The van der Waals surface area contributed by atoms with E-state index < -0.39 is 10.7 Å². The maximum absolute atomic E-state index is 12.8. The molecule has 0 bridgehead atoms. The van der Waals surface area contributed by atoms with Gasteiger partial charge in [-0.1, -0.05) is 12.3 Å². The van der Waals surface area contributed by atoms with Crippen LogP contribution in [0.5, 0.6) is 0 Å². The summed E-state index contributed by atoms with van der Waals surface area (Å²) in [7, 11) is 1.64. The highest BCUT2D eigenvalue weighted by Crippen LogP contribution is 2.16. The Hall–Kier alpha value is -1.39. The summed E-state index contributed by atoms with van der Waals surface area (Å²) in [6.45, 7) is 3.32. The second-order valence-corrected chi connectivity index (χ2v) is 2.68. The van der Waals surface area contributed by atoms with Gasteiger partial charge in [-0.15, -0.1) is 0 Å². The van der Waals surface area contributed by atoms with Crippen molar-refractivity contribution >= 4 is 18.4 Å². The molecular formula is C8H8BFNO2. The molecule has 0 aliphatic carbocycles. The van der Waals surface area contributed by atoms with Gasteiger partial charge in [-0.2, -0.15) is 0 Å². The minimum absolute atomic E-state index is 0.173. The third kappa shape index (κ3) is 1.85. The minimum Gasteiger partial charge on any atom is -0.258 e. The molecule has 1 aromatic carbocycles. The highest BCUT2D eigenvalue weighted by Gasteiger charge is 2.14. The second kappa shape index (κ2) is 3.55. The van der Waals surface area contributed by atoms with Crippen LogP contribution in [0.25, 0.3) is 0 Å². The summed E-state index contributed by atoms with van der Waals surface area (Å²) in [5.41, 5.74) is 0.883. The average Bonchev–Trinajstić information content (AvgIpc) is 2.08. The number of nitro benzene ring substituents is 1. The molecule has 5 heteroatoms. The molecule has 1 radical (unpaired) electrons. The molecule has 0 fully saturated rings. The molecule has 67 valence electrons. The highest BCUT2D eigenvalue weighted by atomic mass is 19.1. The van der Waals surface area contributed by atoms with Crippen LogP contribution in [-0.4, -0.2) is 12.2 Å². The Balaban J connectivity index is 3.35. The van der Waals surface area contributed by atoms with Crippen molar-refractivity contribution in [1.29, 1.82) is 0 Å². The first-order chi connectivity index (χ1) is 6.06. The molecule has 0 atom stereocenters. The van der Waals surface area contributed by atoms with E-state index in [9.17, 15) is 14.5 Å². The number of halogens is 1. The standard InChI is InChI=1S/C8H8BFNO2/c1-5-7(9-2)3-6(10)4-8(5)11(12)13/h3-4H,1-2H3. The van der Waals surface area contributed by atoms with Gasteiger partial charge in [0.05, 0.1) is 11.0 Å². The fourth-order valence-corrected chi connectivity index (χ4v) is 1.17. The lowest BCUT2D eigenvalue weighted by atomic mass is 9.71. The molecule has 0 aliphatic rings. The molecule has 1 aromatic rings. The van der Waals surface area contributed by atoms with Gasteiger partial charge in [0.25, 0.3) is 5.69 Å². The van der Waals surface area contributed by atoms with Crippen LogP contribution in [0.3, 0.4) is 0 Å². The fraction of sp³-hybridized carbons (Fsp3) is 0.250. The van der Waals surface area contributed by atoms with Crippen molar-refractivity contribution in [2.75, 3.05) is 0 Å². The lowest BCUT2D eigenvalue weighted by Gasteiger charge is -2.03. The van der Waals surface area contributed by atoms with Crippen LogP contribution < -0.4 is 5.46 Å². The lowest BCUT2D eigenvalue weighted by molar-refractivity contribution is -0.385. The molecule has 0 saturated heterocycles. The van der Waals surface area contributed by atoms with Gasteiger partial charge in [-0.05, 0) is 13.0 Å². The van der Waals surface area contributed by atoms with Crippen LogP contribution in [-0.2, 0) is 0 Å². The molecule has 0 saturated carbocycles. The number of benzene rings is 1. The Labute approximate surface area is 76.0 Å². The van der Waals surface area contributed by atoms with E-state index in [-0.39, 0.29) is 5.69 Å². The van der Waals surface area contributed by atoms with Crippen molar-refractivity contribution in [3.63, 3.8) is 0 Å². The van der Waals surface area contributed by atoms with Gasteiger partial charge in [0, 0.05) is 5.56 Å². The van der Waals surface area contributed by atoms with Crippen molar-refractivity contribution in [3.05, 3.63) is 33.6 Å². The van der Waals surface area contributed by atoms with E-state index in [0.29, 0.717) is 11.0 Å². The van der Waals surface area contributed by atoms with Crippen LogP contribution in [0.4, 0.5) is 10.1 Å². The van der Waals surface area contributed by atoms with Gasteiger partial charge in [-0.3, -0.25) is 10.1 Å². The molecule has 0 aromatic heterocycles. The number of nitro groups is 1. The van der Waals surface area contributed by atoms with Gasteiger partial charge >= 0.3 is 0 Å². The Morgan fingerprint density at radius 3 is 2.62 bits per heavy atom. The van der Waals surface area contributed by atoms with Crippen molar-refractivity contribution in [2.24, 2.45) is 0 Å². The molecule has 13 heavy (non-hydrogen) atoms. The number of nitrogens with zero attached hydrogens (tertiary/aromatic N) is 1. The molecule has 0 aliphatic heterocycles. The van der Waals surface area contributed by atoms with E-state index in [4.69, 9.17) is 0 Å². The average molecular weight is 180 g/mol. The zero-order valence-corrected chi connectivity index (χ0v) is 7.37. The topological polar surface area (TPSA) is 43.1 Å². The first-order valence-corrected chi connectivity index (χ1v) is 3.80. The summed E-state index contributed by atoms with van der Waals surface area (Å²) in [5, 5.41) is 10.5. The fourth-order valence-electron chi connectivity index (χ4n) is 1.17. The van der Waals surface area contributed by atoms with E-state index in [1.165, 1.54) is 6.07 Å². The predicted octanol–water partition coefficient (Wildman–Crippen LogP) is 1.42. The Kier molecular flexibility index (Phi) is 2.65. The van der Waals surface area contributed by atoms with Crippen LogP contribution in [0.1, 0.15) is 5.56 Å². The van der Waals surface area contributed by atoms with Gasteiger partial charge in [0.2, 0.25) is 0 Å². The summed E-state index contributed by atoms with van der Waals surface area (Å²) in [6, 6.07) is 2.21. The van der Waals surface area contributed by atoms with Crippen molar-refractivity contribution in [3.8, 4) is 0 Å². The molecule has 0 heterocycles. The molecule has 0 N–H and O–H groups in total. The largest absolute Gasteiger partial charge is 0.274 e. The van der Waals surface area contributed by atoms with Crippen LogP contribution in [0.15, 0.2) is 12.1 Å². The van der Waals surface area contributed by atoms with Crippen LogP contribution in [0, 0.1) is 22.9 Å². The maximum atomic E-state index is 12.8. The third-order valence-corrected chi connectivity index (χ3v) is 1.89. The number of rotatable bonds is 2. The van der Waals surface area contributed by atoms with Gasteiger partial charge in [-0.25, -0.2) is 4.39 Å². The predicted molar refractivity (Wildman–Crippen MR) is 49.0 cm³/mol. The van der Waals surface area contributed by atoms with E-state index >= 15 is 0 Å². The minimum atomic E-state index is -0.578. The van der Waals surface area contributed by atoms with Gasteiger partial charge in [0.15, 0.2) is 0 Å². The van der Waals surface area contributed by atoms with Crippen LogP contribution in [0.2, 0.25) is 6.82 Å². The Bertz CT molecular complexity index is 354. The maximum Gasteiger partial charge on any atom is 0.274 e. The van der Waals surface area contributed by atoms with E-state index in [2.05, 4.69) is 0 Å².